The van der Waals surface area contributed by atoms with Gasteiger partial charge in [-0.2, -0.15) is 5.10 Å². The number of carbonyl (C=O) groups is 2. The quantitative estimate of drug-likeness (QED) is 0.896. The van der Waals surface area contributed by atoms with Crippen LogP contribution in [0.25, 0.3) is 5.82 Å². The molecule has 0 unspecified atom stereocenters. The smallest absolute Gasteiger partial charge is 0.410 e. The van der Waals surface area contributed by atoms with Gasteiger partial charge >= 0.3 is 6.09 Å². The van der Waals surface area contributed by atoms with Crippen molar-refractivity contribution in [1.29, 1.82) is 0 Å². The summed E-state index contributed by atoms with van der Waals surface area (Å²) >= 11 is 0. The van der Waals surface area contributed by atoms with E-state index in [2.05, 4.69) is 15.4 Å². The predicted octanol–water partition coefficient (Wildman–Crippen LogP) is 2.85. The first-order chi connectivity index (χ1) is 12.8. The van der Waals surface area contributed by atoms with E-state index in [1.165, 1.54) is 0 Å². The largest absolute Gasteiger partial charge is 0.444 e. The van der Waals surface area contributed by atoms with E-state index in [0.29, 0.717) is 37.4 Å². The number of piperidine rings is 1. The van der Waals surface area contributed by atoms with E-state index in [1.54, 1.807) is 40.3 Å². The highest BCUT2D eigenvalue weighted by atomic mass is 16.6. The fraction of sp³-hybridized carbons (Fsp3) is 0.474. The van der Waals surface area contributed by atoms with Gasteiger partial charge in [0.1, 0.15) is 5.60 Å². The molecule has 1 fully saturated rings. The maximum Gasteiger partial charge on any atom is 0.410 e. The van der Waals surface area contributed by atoms with Crippen molar-refractivity contribution in [3.05, 3.63) is 36.8 Å². The molecule has 2 aromatic heterocycles. The standard InChI is InChI=1S/C19H25N5O3/c1-19(2,3)27-18(26)23-11-7-14(8-12-23)17(25)22-15-5-6-16(20-13-15)24-10-4-9-21-24/h4-6,9-10,13-14H,7-8,11-12H2,1-3H3,(H,22,25). The summed E-state index contributed by atoms with van der Waals surface area (Å²) in [6, 6.07) is 5.42. The van der Waals surface area contributed by atoms with Crippen LogP contribution in [0.2, 0.25) is 0 Å². The first-order valence-electron chi connectivity index (χ1n) is 9.07. The number of amides is 2. The van der Waals surface area contributed by atoms with Crippen molar-refractivity contribution in [2.45, 2.75) is 39.2 Å². The van der Waals surface area contributed by atoms with Gasteiger partial charge in [-0.3, -0.25) is 4.79 Å². The molecule has 2 amide bonds. The molecule has 1 aliphatic rings. The Labute approximate surface area is 158 Å². The Bertz CT molecular complexity index is 773. The third-order valence-corrected chi connectivity index (χ3v) is 4.27. The van der Waals surface area contributed by atoms with E-state index in [4.69, 9.17) is 4.74 Å². The Hall–Kier alpha value is -2.90. The van der Waals surface area contributed by atoms with Crippen LogP contribution in [-0.2, 0) is 9.53 Å². The zero-order valence-electron chi connectivity index (χ0n) is 15.9. The molecule has 8 nitrogen and oxygen atoms in total. The van der Waals surface area contributed by atoms with E-state index in [1.807, 2.05) is 26.8 Å². The van der Waals surface area contributed by atoms with Gasteiger partial charge in [0.2, 0.25) is 5.91 Å². The van der Waals surface area contributed by atoms with E-state index in [9.17, 15) is 9.59 Å². The van der Waals surface area contributed by atoms with Crippen molar-refractivity contribution in [1.82, 2.24) is 19.7 Å². The van der Waals surface area contributed by atoms with Gasteiger partial charge in [-0.15, -0.1) is 0 Å². The molecule has 2 aromatic rings. The van der Waals surface area contributed by atoms with Gasteiger partial charge in [-0.05, 0) is 51.8 Å². The number of ether oxygens (including phenoxy) is 1. The number of aromatic nitrogens is 3. The molecular formula is C19H25N5O3. The topological polar surface area (TPSA) is 89.4 Å². The van der Waals surface area contributed by atoms with Crippen molar-refractivity contribution < 1.29 is 14.3 Å². The molecule has 0 spiro atoms. The third-order valence-electron chi connectivity index (χ3n) is 4.27. The van der Waals surface area contributed by atoms with E-state index in [0.717, 1.165) is 0 Å². The monoisotopic (exact) mass is 371 g/mol. The molecular weight excluding hydrogens is 346 g/mol. The molecule has 1 aliphatic heterocycles. The van der Waals surface area contributed by atoms with Crippen molar-refractivity contribution in [2.24, 2.45) is 5.92 Å². The summed E-state index contributed by atoms with van der Waals surface area (Å²) in [5, 5.41) is 7.02. The maximum absolute atomic E-state index is 12.5. The van der Waals surface area contributed by atoms with Gasteiger partial charge < -0.3 is 15.0 Å². The molecule has 1 N–H and O–H groups in total. The van der Waals surface area contributed by atoms with Crippen LogP contribution < -0.4 is 5.32 Å². The minimum atomic E-state index is -0.513. The summed E-state index contributed by atoms with van der Waals surface area (Å²) in [6.45, 7) is 6.57. The molecule has 0 aromatic carbocycles. The number of likely N-dealkylation sites (tertiary alicyclic amines) is 1. The first-order valence-corrected chi connectivity index (χ1v) is 9.07. The van der Waals surface area contributed by atoms with Crippen molar-refractivity contribution in [3.8, 4) is 5.82 Å². The minimum Gasteiger partial charge on any atom is -0.444 e. The predicted molar refractivity (Wildman–Crippen MR) is 101 cm³/mol. The molecule has 1 saturated heterocycles. The highest BCUT2D eigenvalue weighted by Gasteiger charge is 2.29. The van der Waals surface area contributed by atoms with Crippen LogP contribution in [0.3, 0.4) is 0 Å². The number of nitrogens with zero attached hydrogens (tertiary/aromatic N) is 4. The van der Waals surface area contributed by atoms with Gasteiger partial charge in [0, 0.05) is 31.4 Å². The van der Waals surface area contributed by atoms with Gasteiger partial charge in [-0.1, -0.05) is 0 Å². The Morgan fingerprint density at radius 3 is 2.52 bits per heavy atom. The van der Waals surface area contributed by atoms with Crippen molar-refractivity contribution in [2.75, 3.05) is 18.4 Å². The van der Waals surface area contributed by atoms with E-state index < -0.39 is 5.60 Å². The van der Waals surface area contributed by atoms with Crippen LogP contribution in [0, 0.1) is 5.92 Å². The summed E-state index contributed by atoms with van der Waals surface area (Å²) < 4.78 is 7.03. The summed E-state index contributed by atoms with van der Waals surface area (Å²) in [5.74, 6) is 0.505. The average molecular weight is 371 g/mol. The zero-order valence-corrected chi connectivity index (χ0v) is 15.9. The van der Waals surface area contributed by atoms with Crippen LogP contribution in [0.5, 0.6) is 0 Å². The lowest BCUT2D eigenvalue weighted by molar-refractivity contribution is -0.121. The number of nitrogens with one attached hydrogen (secondary N) is 1. The van der Waals surface area contributed by atoms with Crippen LogP contribution in [-0.4, -0.2) is 50.4 Å². The second-order valence-corrected chi connectivity index (χ2v) is 7.59. The lowest BCUT2D eigenvalue weighted by Gasteiger charge is -2.32. The number of anilines is 1. The summed E-state index contributed by atoms with van der Waals surface area (Å²) in [5.41, 5.74) is 0.131. The highest BCUT2D eigenvalue weighted by Crippen LogP contribution is 2.21. The summed E-state index contributed by atoms with van der Waals surface area (Å²) in [4.78, 5) is 30.6. The van der Waals surface area contributed by atoms with Crippen LogP contribution in [0.1, 0.15) is 33.6 Å². The van der Waals surface area contributed by atoms with Crippen molar-refractivity contribution >= 4 is 17.7 Å². The molecule has 0 radical (unpaired) electrons. The van der Waals surface area contributed by atoms with Crippen molar-refractivity contribution in [3.63, 3.8) is 0 Å². The highest BCUT2D eigenvalue weighted by molar-refractivity contribution is 5.92. The van der Waals surface area contributed by atoms with Gasteiger partial charge in [0.05, 0.1) is 11.9 Å². The van der Waals surface area contributed by atoms with E-state index in [-0.39, 0.29) is 17.9 Å². The van der Waals surface area contributed by atoms with Gasteiger partial charge in [0.15, 0.2) is 5.82 Å². The molecule has 144 valence electrons. The average Bonchev–Trinajstić information content (AvgIpc) is 3.16. The van der Waals surface area contributed by atoms with Crippen LogP contribution >= 0.6 is 0 Å². The fourth-order valence-corrected chi connectivity index (χ4v) is 2.89. The Balaban J connectivity index is 1.50. The van der Waals surface area contributed by atoms with Crippen LogP contribution in [0.15, 0.2) is 36.8 Å². The molecule has 3 rings (SSSR count). The maximum atomic E-state index is 12.5. The fourth-order valence-electron chi connectivity index (χ4n) is 2.89. The Morgan fingerprint density at radius 2 is 1.96 bits per heavy atom. The Kier molecular flexibility index (Phi) is 5.43. The number of rotatable bonds is 3. The lowest BCUT2D eigenvalue weighted by atomic mass is 9.96. The molecule has 0 bridgehead atoms. The molecule has 0 saturated carbocycles. The molecule has 3 heterocycles. The summed E-state index contributed by atoms with van der Waals surface area (Å²) in [6.07, 6.45) is 6.01. The molecule has 27 heavy (non-hydrogen) atoms. The number of pyridine rings is 1. The number of hydrogen-bond acceptors (Lipinski definition) is 5. The van der Waals surface area contributed by atoms with Gasteiger partial charge in [0.25, 0.3) is 0 Å². The molecule has 0 atom stereocenters. The molecule has 0 aliphatic carbocycles. The van der Waals surface area contributed by atoms with E-state index >= 15 is 0 Å². The zero-order chi connectivity index (χ0) is 19.4. The third kappa shape index (κ3) is 5.06. The van der Waals surface area contributed by atoms with Gasteiger partial charge in [-0.25, -0.2) is 14.5 Å². The normalized spacial score (nSPS) is 15.4. The van der Waals surface area contributed by atoms with Crippen LogP contribution in [0.4, 0.5) is 10.5 Å². The summed E-state index contributed by atoms with van der Waals surface area (Å²) in [7, 11) is 0. The first kappa shape index (κ1) is 18.9. The Morgan fingerprint density at radius 1 is 1.22 bits per heavy atom. The molecule has 8 heteroatoms. The second-order valence-electron chi connectivity index (χ2n) is 7.59. The minimum absolute atomic E-state index is 0.0486. The second kappa shape index (κ2) is 7.77. The lowest BCUT2D eigenvalue weighted by Crippen LogP contribution is -2.43. The number of carbonyl (C=O) groups excluding carboxylic acids is 2. The SMILES string of the molecule is CC(C)(C)OC(=O)N1CCC(C(=O)Nc2ccc(-n3cccn3)nc2)CC1. The number of hydrogen-bond donors (Lipinski definition) is 1.